The van der Waals surface area contributed by atoms with E-state index in [2.05, 4.69) is 15.5 Å². The molecule has 0 unspecified atom stereocenters. The molecule has 4 rings (SSSR count). The van der Waals surface area contributed by atoms with Crippen LogP contribution in [0.25, 0.3) is 21.7 Å². The van der Waals surface area contributed by atoms with Crippen LogP contribution in [0.2, 0.25) is 0 Å². The molecule has 10 heteroatoms. The Morgan fingerprint density at radius 3 is 2.25 bits per heavy atom. The smallest absolute Gasteiger partial charge is 0.258 e. The first-order valence-corrected chi connectivity index (χ1v) is 10.2. The Morgan fingerprint density at radius 1 is 0.844 bits per heavy atom. The van der Waals surface area contributed by atoms with Crippen LogP contribution < -0.4 is 5.43 Å². The van der Waals surface area contributed by atoms with Crippen LogP contribution in [0.3, 0.4) is 0 Å². The van der Waals surface area contributed by atoms with E-state index in [1.165, 1.54) is 41.8 Å². The van der Waals surface area contributed by atoms with E-state index in [0.717, 1.165) is 21.7 Å². The van der Waals surface area contributed by atoms with Gasteiger partial charge >= 0.3 is 0 Å². The first-order chi connectivity index (χ1) is 15.5. The van der Waals surface area contributed by atoms with E-state index < -0.39 is 9.85 Å². The summed E-state index contributed by atoms with van der Waals surface area (Å²) in [5.41, 5.74) is 5.85. The van der Waals surface area contributed by atoms with E-state index in [9.17, 15) is 20.2 Å². The van der Waals surface area contributed by atoms with Gasteiger partial charge in [0.1, 0.15) is 0 Å². The number of rotatable bonds is 7. The monoisotopic (exact) mass is 445 g/mol. The number of thiazole rings is 1. The number of benzene rings is 3. The van der Waals surface area contributed by atoms with Crippen LogP contribution in [-0.4, -0.2) is 21.0 Å². The van der Waals surface area contributed by atoms with E-state index >= 15 is 0 Å². The molecule has 0 saturated carbocycles. The largest absolute Gasteiger partial charge is 0.270 e. The normalized spacial score (nSPS) is 10.9. The fraction of sp³-hybridized carbons (Fsp3) is 0. The topological polar surface area (TPSA) is 124 Å². The van der Waals surface area contributed by atoms with Crippen molar-refractivity contribution in [2.75, 3.05) is 5.43 Å². The Labute approximate surface area is 186 Å². The molecule has 0 atom stereocenters. The summed E-state index contributed by atoms with van der Waals surface area (Å²) in [6.07, 6.45) is 1.47. The van der Waals surface area contributed by atoms with E-state index in [4.69, 9.17) is 0 Å². The second kappa shape index (κ2) is 9.14. The molecule has 3 aromatic carbocycles. The number of nitro groups is 2. The molecule has 1 N–H and O–H groups in total. The van der Waals surface area contributed by atoms with Crippen LogP contribution in [0.5, 0.6) is 0 Å². The lowest BCUT2D eigenvalue weighted by Gasteiger charge is -2.02. The average molecular weight is 445 g/mol. The van der Waals surface area contributed by atoms with Crippen molar-refractivity contribution in [3.8, 4) is 21.7 Å². The van der Waals surface area contributed by atoms with Gasteiger partial charge in [-0.2, -0.15) is 5.10 Å². The van der Waals surface area contributed by atoms with Gasteiger partial charge in [0.15, 0.2) is 0 Å². The summed E-state index contributed by atoms with van der Waals surface area (Å²) in [6.45, 7) is 0. The molecule has 158 valence electrons. The number of nitro benzene ring substituents is 2. The minimum absolute atomic E-state index is 0.0134. The second-order valence-corrected chi connectivity index (χ2v) is 7.59. The van der Waals surface area contributed by atoms with Crippen molar-refractivity contribution in [3.63, 3.8) is 0 Å². The van der Waals surface area contributed by atoms with Crippen molar-refractivity contribution in [3.05, 3.63) is 105 Å². The third-order valence-electron chi connectivity index (χ3n) is 4.47. The molecule has 4 aromatic rings. The van der Waals surface area contributed by atoms with Gasteiger partial charge in [0.05, 0.1) is 26.6 Å². The molecule has 0 aliphatic carbocycles. The van der Waals surface area contributed by atoms with Gasteiger partial charge in [-0.1, -0.05) is 53.8 Å². The molecular weight excluding hydrogens is 430 g/mol. The molecule has 0 amide bonds. The Balaban J connectivity index is 1.64. The molecule has 0 spiro atoms. The highest BCUT2D eigenvalue weighted by atomic mass is 32.1. The summed E-state index contributed by atoms with van der Waals surface area (Å²) < 4.78 is 0. The van der Waals surface area contributed by atoms with Gasteiger partial charge < -0.3 is 0 Å². The lowest BCUT2D eigenvalue weighted by Crippen LogP contribution is -1.92. The summed E-state index contributed by atoms with van der Waals surface area (Å²) >= 11 is 1.35. The maximum absolute atomic E-state index is 11.0. The Hall–Kier alpha value is -4.44. The van der Waals surface area contributed by atoms with Crippen molar-refractivity contribution in [2.45, 2.75) is 0 Å². The summed E-state index contributed by atoms with van der Waals surface area (Å²) in [5, 5.41) is 26.5. The van der Waals surface area contributed by atoms with Gasteiger partial charge in [-0.05, 0) is 17.7 Å². The molecular formula is C22H15N5O4S. The molecule has 9 nitrogen and oxygen atoms in total. The van der Waals surface area contributed by atoms with Crippen LogP contribution in [0.1, 0.15) is 5.56 Å². The lowest BCUT2D eigenvalue weighted by atomic mass is 10.1. The Bertz CT molecular complexity index is 1300. The maximum Gasteiger partial charge on any atom is 0.270 e. The average Bonchev–Trinajstić information content (AvgIpc) is 3.24. The highest BCUT2D eigenvalue weighted by molar-refractivity contribution is 7.19. The number of hydrogen-bond acceptors (Lipinski definition) is 8. The van der Waals surface area contributed by atoms with Crippen LogP contribution in [0, 0.1) is 20.2 Å². The molecule has 0 saturated heterocycles. The third-order valence-corrected chi connectivity index (χ3v) is 5.48. The summed E-state index contributed by atoms with van der Waals surface area (Å²) in [5.74, 6) is 0. The predicted molar refractivity (Wildman–Crippen MR) is 124 cm³/mol. The molecule has 32 heavy (non-hydrogen) atoms. The van der Waals surface area contributed by atoms with Gasteiger partial charge in [-0.15, -0.1) is 0 Å². The van der Waals surface area contributed by atoms with Gasteiger partial charge in [0.25, 0.3) is 11.4 Å². The van der Waals surface area contributed by atoms with Crippen molar-refractivity contribution < 1.29 is 9.85 Å². The summed E-state index contributed by atoms with van der Waals surface area (Å²) in [7, 11) is 0. The zero-order chi connectivity index (χ0) is 22.5. The van der Waals surface area contributed by atoms with E-state index in [1.54, 1.807) is 24.3 Å². The molecule has 1 heterocycles. The number of non-ortho nitro benzene ring substituents is 2. The number of hydrogen-bond donors (Lipinski definition) is 1. The quantitative estimate of drug-likeness (QED) is 0.220. The summed E-state index contributed by atoms with van der Waals surface area (Å²) in [6, 6.07) is 22.0. The number of hydrazone groups is 1. The number of nitrogens with one attached hydrogen (secondary N) is 1. The predicted octanol–water partition coefficient (Wildman–Crippen LogP) is 5.74. The minimum atomic E-state index is -0.464. The first kappa shape index (κ1) is 20.8. The van der Waals surface area contributed by atoms with Gasteiger partial charge in [-0.3, -0.25) is 25.7 Å². The molecule has 0 fully saturated rings. The first-order valence-electron chi connectivity index (χ1n) is 9.36. The number of nitrogens with zero attached hydrogens (tertiary/aromatic N) is 4. The van der Waals surface area contributed by atoms with Gasteiger partial charge in [-0.25, -0.2) is 4.98 Å². The number of aromatic nitrogens is 1. The molecule has 0 bridgehead atoms. The fourth-order valence-electron chi connectivity index (χ4n) is 2.97. The standard InChI is InChI=1S/C22H15N5O4S/c28-26(29)18-11-9-17(10-12-18)21-20(16-6-2-1-3-7-16)24-22(32-21)25-23-14-15-5-4-8-19(13-15)27(30)31/h1-14H,(H,24,25)/b23-14-. The highest BCUT2D eigenvalue weighted by Crippen LogP contribution is 2.39. The van der Waals surface area contributed by atoms with E-state index in [1.807, 2.05) is 30.3 Å². The Kier molecular flexibility index (Phi) is 5.95. The van der Waals surface area contributed by atoms with E-state index in [-0.39, 0.29) is 11.4 Å². The molecule has 0 aliphatic rings. The van der Waals surface area contributed by atoms with Gasteiger partial charge in [0, 0.05) is 35.4 Å². The highest BCUT2D eigenvalue weighted by Gasteiger charge is 2.16. The summed E-state index contributed by atoms with van der Waals surface area (Å²) in [4.78, 5) is 26.5. The van der Waals surface area contributed by atoms with Crippen LogP contribution in [0.4, 0.5) is 16.5 Å². The van der Waals surface area contributed by atoms with E-state index in [0.29, 0.717) is 10.7 Å². The minimum Gasteiger partial charge on any atom is -0.258 e. The van der Waals surface area contributed by atoms with Crippen LogP contribution >= 0.6 is 11.3 Å². The Morgan fingerprint density at radius 2 is 1.56 bits per heavy atom. The van der Waals surface area contributed by atoms with Gasteiger partial charge in [0.2, 0.25) is 5.13 Å². The van der Waals surface area contributed by atoms with Crippen LogP contribution in [-0.2, 0) is 0 Å². The zero-order valence-corrected chi connectivity index (χ0v) is 17.2. The molecule has 1 aromatic heterocycles. The van der Waals surface area contributed by atoms with Crippen LogP contribution in [0.15, 0.2) is 84.0 Å². The molecule has 0 aliphatic heterocycles. The van der Waals surface area contributed by atoms with Crippen molar-refractivity contribution in [1.29, 1.82) is 0 Å². The lowest BCUT2D eigenvalue weighted by molar-refractivity contribution is -0.385. The fourth-order valence-corrected chi connectivity index (χ4v) is 3.91. The number of anilines is 1. The third kappa shape index (κ3) is 4.65. The second-order valence-electron chi connectivity index (χ2n) is 6.59. The maximum atomic E-state index is 11.0. The zero-order valence-electron chi connectivity index (χ0n) is 16.4. The van der Waals surface area contributed by atoms with Crippen molar-refractivity contribution >= 4 is 34.1 Å². The molecule has 0 radical (unpaired) electrons. The van der Waals surface area contributed by atoms with Crippen molar-refractivity contribution in [2.24, 2.45) is 5.10 Å². The SMILES string of the molecule is O=[N+]([O-])c1ccc(-c2sc(N/N=C\c3cccc([N+](=O)[O-])c3)nc2-c2ccccc2)cc1. The van der Waals surface area contributed by atoms with Crippen molar-refractivity contribution in [1.82, 2.24) is 4.98 Å².